The highest BCUT2D eigenvalue weighted by molar-refractivity contribution is 4.98. The Labute approximate surface area is 93.0 Å². The van der Waals surface area contributed by atoms with Crippen LogP contribution in [0, 0.1) is 24.2 Å². The van der Waals surface area contributed by atoms with E-state index in [-0.39, 0.29) is 18.1 Å². The van der Waals surface area contributed by atoms with Gasteiger partial charge in [-0.1, -0.05) is 27.2 Å². The summed E-state index contributed by atoms with van der Waals surface area (Å²) < 4.78 is 5.54. The molecular weight excluding hydrogens is 188 g/mol. The van der Waals surface area contributed by atoms with Crippen molar-refractivity contribution in [2.24, 2.45) is 11.8 Å². The number of aliphatic hydroxyl groups excluding tert-OH is 1. The zero-order valence-corrected chi connectivity index (χ0v) is 9.94. The summed E-state index contributed by atoms with van der Waals surface area (Å²) in [6, 6.07) is 0. The Bertz CT molecular complexity index is 231. The molecule has 2 heteroatoms. The molecule has 2 nitrogen and oxygen atoms in total. The van der Waals surface area contributed by atoms with E-state index < -0.39 is 6.10 Å². The van der Waals surface area contributed by atoms with Crippen LogP contribution in [0.5, 0.6) is 0 Å². The second kappa shape index (κ2) is 5.53. The minimum Gasteiger partial charge on any atom is -0.390 e. The molecule has 0 aromatic heterocycles. The first-order valence-electron chi connectivity index (χ1n) is 5.88. The van der Waals surface area contributed by atoms with E-state index in [0.29, 0.717) is 12.3 Å². The molecule has 1 fully saturated rings. The normalized spacial score (nSPS) is 30.3. The molecular formula is C13H22O2. The molecule has 1 rings (SSSR count). The molecule has 0 radical (unpaired) electrons. The largest absolute Gasteiger partial charge is 0.390 e. The van der Waals surface area contributed by atoms with Crippen molar-refractivity contribution >= 4 is 0 Å². The van der Waals surface area contributed by atoms with E-state index in [0.717, 1.165) is 6.42 Å². The molecule has 0 bridgehead atoms. The molecule has 15 heavy (non-hydrogen) atoms. The van der Waals surface area contributed by atoms with Gasteiger partial charge in [0.1, 0.15) is 6.10 Å². The molecule has 86 valence electrons. The summed E-state index contributed by atoms with van der Waals surface area (Å²) in [4.78, 5) is 0. The van der Waals surface area contributed by atoms with Gasteiger partial charge in [0.05, 0.1) is 12.2 Å². The number of ether oxygens (including phenoxy) is 1. The summed E-state index contributed by atoms with van der Waals surface area (Å²) in [5.41, 5.74) is 0. The van der Waals surface area contributed by atoms with Crippen molar-refractivity contribution in [2.45, 2.75) is 58.3 Å². The molecule has 0 saturated carbocycles. The van der Waals surface area contributed by atoms with E-state index in [2.05, 4.69) is 19.8 Å². The van der Waals surface area contributed by atoms with Crippen LogP contribution in [0.15, 0.2) is 0 Å². The van der Waals surface area contributed by atoms with Crippen molar-refractivity contribution in [2.75, 3.05) is 0 Å². The molecule has 1 aliphatic rings. The number of epoxide rings is 1. The quantitative estimate of drug-likeness (QED) is 0.538. The van der Waals surface area contributed by atoms with Crippen LogP contribution in [0.2, 0.25) is 0 Å². The minimum atomic E-state index is -0.398. The van der Waals surface area contributed by atoms with E-state index in [1.165, 1.54) is 6.42 Å². The third kappa shape index (κ3) is 3.22. The maximum absolute atomic E-state index is 9.96. The van der Waals surface area contributed by atoms with E-state index in [9.17, 15) is 5.11 Å². The molecule has 0 unspecified atom stereocenters. The van der Waals surface area contributed by atoms with Crippen LogP contribution in [0.4, 0.5) is 0 Å². The zero-order chi connectivity index (χ0) is 11.4. The first-order valence-corrected chi connectivity index (χ1v) is 5.88. The summed E-state index contributed by atoms with van der Waals surface area (Å²) >= 11 is 0. The standard InChI is InChI=1S/C13H22O2/c1-5-7-9(3)11(14)13-12(15-13)10(4)8-6-2/h1,9-14H,6-8H2,2-4H3/t9-,10+,11+,12+,13+/m1/s1. The highest BCUT2D eigenvalue weighted by Gasteiger charge is 2.48. The van der Waals surface area contributed by atoms with Crippen molar-refractivity contribution in [3.63, 3.8) is 0 Å². The molecule has 0 aromatic carbocycles. The van der Waals surface area contributed by atoms with Crippen LogP contribution in [0.1, 0.15) is 40.0 Å². The lowest BCUT2D eigenvalue weighted by Crippen LogP contribution is -2.26. The van der Waals surface area contributed by atoms with Crippen LogP contribution < -0.4 is 0 Å². The van der Waals surface area contributed by atoms with Gasteiger partial charge in [-0.05, 0) is 18.3 Å². The van der Waals surface area contributed by atoms with Gasteiger partial charge >= 0.3 is 0 Å². The summed E-state index contributed by atoms with van der Waals surface area (Å²) in [6.45, 7) is 6.34. The monoisotopic (exact) mass is 210 g/mol. The molecule has 1 saturated heterocycles. The summed E-state index contributed by atoms with van der Waals surface area (Å²) in [7, 11) is 0. The van der Waals surface area contributed by atoms with Crippen molar-refractivity contribution in [1.29, 1.82) is 0 Å². The zero-order valence-electron chi connectivity index (χ0n) is 9.94. The molecule has 0 aromatic rings. The molecule has 1 aliphatic heterocycles. The van der Waals surface area contributed by atoms with Gasteiger partial charge in [-0.25, -0.2) is 0 Å². The number of hydrogen-bond donors (Lipinski definition) is 1. The Morgan fingerprint density at radius 1 is 1.40 bits per heavy atom. The Morgan fingerprint density at radius 3 is 2.60 bits per heavy atom. The highest BCUT2D eigenvalue weighted by Crippen LogP contribution is 2.36. The van der Waals surface area contributed by atoms with Crippen LogP contribution in [0.25, 0.3) is 0 Å². The molecule has 1 heterocycles. The minimum absolute atomic E-state index is 0.0231. The van der Waals surface area contributed by atoms with Crippen molar-refractivity contribution in [3.8, 4) is 12.3 Å². The van der Waals surface area contributed by atoms with Gasteiger partial charge in [0, 0.05) is 6.42 Å². The predicted molar refractivity (Wildman–Crippen MR) is 61.4 cm³/mol. The lowest BCUT2D eigenvalue weighted by atomic mass is 9.92. The Balaban J connectivity index is 2.33. The fraction of sp³-hybridized carbons (Fsp3) is 0.846. The van der Waals surface area contributed by atoms with Crippen LogP contribution in [-0.2, 0) is 4.74 Å². The lowest BCUT2D eigenvalue weighted by molar-refractivity contribution is 0.0867. The number of aliphatic hydroxyl groups is 1. The van der Waals surface area contributed by atoms with E-state index >= 15 is 0 Å². The number of rotatable bonds is 6. The van der Waals surface area contributed by atoms with Crippen LogP contribution in [0.3, 0.4) is 0 Å². The van der Waals surface area contributed by atoms with Crippen molar-refractivity contribution < 1.29 is 9.84 Å². The molecule has 1 N–H and O–H groups in total. The van der Waals surface area contributed by atoms with Gasteiger partial charge < -0.3 is 9.84 Å². The van der Waals surface area contributed by atoms with Gasteiger partial charge in [0.15, 0.2) is 0 Å². The molecule has 0 aliphatic carbocycles. The van der Waals surface area contributed by atoms with Crippen LogP contribution in [-0.4, -0.2) is 23.4 Å². The topological polar surface area (TPSA) is 32.8 Å². The summed E-state index contributed by atoms with van der Waals surface area (Å²) in [5.74, 6) is 3.27. The first kappa shape index (κ1) is 12.5. The fourth-order valence-electron chi connectivity index (χ4n) is 2.12. The molecule has 5 atom stereocenters. The lowest BCUT2D eigenvalue weighted by Gasteiger charge is -2.15. The average Bonchev–Trinajstić information content (AvgIpc) is 2.97. The first-order chi connectivity index (χ1) is 7.11. The Kier molecular flexibility index (Phi) is 4.63. The van der Waals surface area contributed by atoms with Crippen LogP contribution >= 0.6 is 0 Å². The summed E-state index contributed by atoms with van der Waals surface area (Å²) in [5, 5.41) is 9.96. The van der Waals surface area contributed by atoms with Gasteiger partial charge in [-0.15, -0.1) is 12.3 Å². The number of hydrogen-bond acceptors (Lipinski definition) is 2. The number of terminal acetylenes is 1. The fourth-order valence-corrected chi connectivity index (χ4v) is 2.12. The molecule has 0 spiro atoms. The second-order valence-electron chi connectivity index (χ2n) is 4.71. The molecule has 0 amide bonds. The van der Waals surface area contributed by atoms with Crippen molar-refractivity contribution in [3.05, 3.63) is 0 Å². The summed E-state index contributed by atoms with van der Waals surface area (Å²) in [6.07, 6.45) is 8.06. The van der Waals surface area contributed by atoms with E-state index in [4.69, 9.17) is 11.2 Å². The van der Waals surface area contributed by atoms with Gasteiger partial charge in [0.25, 0.3) is 0 Å². The Morgan fingerprint density at radius 2 is 2.07 bits per heavy atom. The second-order valence-corrected chi connectivity index (χ2v) is 4.71. The third-order valence-electron chi connectivity index (χ3n) is 3.23. The van der Waals surface area contributed by atoms with E-state index in [1.54, 1.807) is 0 Å². The third-order valence-corrected chi connectivity index (χ3v) is 3.23. The smallest absolute Gasteiger partial charge is 0.111 e. The maximum atomic E-state index is 9.96. The SMILES string of the molecule is C#CC[C@@H](C)[C@H](O)[C@@H]1O[C@H]1[C@@H](C)CCC. The van der Waals surface area contributed by atoms with E-state index in [1.807, 2.05) is 6.92 Å². The van der Waals surface area contributed by atoms with Gasteiger partial charge in [0.2, 0.25) is 0 Å². The maximum Gasteiger partial charge on any atom is 0.111 e. The van der Waals surface area contributed by atoms with Gasteiger partial charge in [-0.3, -0.25) is 0 Å². The Hall–Kier alpha value is -0.520. The van der Waals surface area contributed by atoms with Crippen molar-refractivity contribution in [1.82, 2.24) is 0 Å². The average molecular weight is 210 g/mol. The van der Waals surface area contributed by atoms with Gasteiger partial charge in [-0.2, -0.15) is 0 Å². The predicted octanol–water partition coefficient (Wildman–Crippen LogP) is 2.21. The highest BCUT2D eigenvalue weighted by atomic mass is 16.6.